The van der Waals surface area contributed by atoms with Crippen LogP contribution in [0.4, 0.5) is 0 Å². The van der Waals surface area contributed by atoms with Gasteiger partial charge in [0, 0.05) is 12.8 Å². The van der Waals surface area contributed by atoms with E-state index in [1.165, 1.54) is 6.42 Å². The van der Waals surface area contributed by atoms with Crippen LogP contribution in [0.25, 0.3) is 0 Å². The van der Waals surface area contributed by atoms with Gasteiger partial charge in [0.2, 0.25) is 0 Å². The molecule has 0 aromatic heterocycles. The molecule has 80 valence electrons. The zero-order valence-electron chi connectivity index (χ0n) is 9.18. The number of hydrogen-bond donors (Lipinski definition) is 1. The Labute approximate surface area is 120 Å². The van der Waals surface area contributed by atoms with E-state index in [9.17, 15) is 4.79 Å². The third-order valence-electron chi connectivity index (χ3n) is 2.34. The average molecular weight is 322 g/mol. The molecular formula is C10H19IMgO2. The summed E-state index contributed by atoms with van der Waals surface area (Å²) in [5, 5.41) is 8.91. The molecular weight excluding hydrogens is 303 g/mol. The van der Waals surface area contributed by atoms with Crippen molar-refractivity contribution in [1.29, 1.82) is 0 Å². The van der Waals surface area contributed by atoms with E-state index in [-0.39, 0.29) is 60.1 Å². The molecule has 0 saturated heterocycles. The maximum atomic E-state index is 9.90. The molecule has 0 unspecified atom stereocenters. The number of carbonyl (C=O) groups is 1. The molecule has 0 amide bonds. The van der Waals surface area contributed by atoms with Crippen molar-refractivity contribution in [2.24, 2.45) is 0 Å². The van der Waals surface area contributed by atoms with Crippen LogP contribution in [-0.2, 0) is 4.79 Å². The van der Waals surface area contributed by atoms with Gasteiger partial charge in [-0.25, -0.2) is 0 Å². The van der Waals surface area contributed by atoms with E-state index in [0.29, 0.717) is 5.78 Å². The topological polar surface area (TPSA) is 37.3 Å². The molecule has 0 aliphatic heterocycles. The maximum Gasteiger partial charge on any atom is 2.00 e. The number of hydrogen-bond acceptors (Lipinski definition) is 2. The number of rotatable bonds is 0. The van der Waals surface area contributed by atoms with Gasteiger partial charge in [-0.1, -0.05) is 0 Å². The normalized spacial score (nSPS) is 20.3. The molecule has 2 rings (SSSR count). The second-order valence-electron chi connectivity index (χ2n) is 3.74. The molecule has 2 saturated carbocycles. The Hall–Kier alpha value is 1.13. The van der Waals surface area contributed by atoms with Crippen LogP contribution in [-0.4, -0.2) is 39.5 Å². The maximum absolute atomic E-state index is 9.90. The second-order valence-corrected chi connectivity index (χ2v) is 3.74. The van der Waals surface area contributed by atoms with Gasteiger partial charge < -0.3 is 36.5 Å². The van der Waals surface area contributed by atoms with Crippen molar-refractivity contribution < 1.29 is 33.9 Å². The van der Waals surface area contributed by atoms with Gasteiger partial charge in [0.1, 0.15) is 5.78 Å². The molecule has 0 heterocycles. The Morgan fingerprint density at radius 3 is 1.50 bits per heavy atom. The molecule has 2 nitrogen and oxygen atoms in total. The third kappa shape index (κ3) is 8.44. The van der Waals surface area contributed by atoms with E-state index in [1.807, 2.05) is 6.92 Å². The van der Waals surface area contributed by atoms with Gasteiger partial charge in [-0.15, -0.1) is 0 Å². The van der Waals surface area contributed by atoms with Gasteiger partial charge in [-0.2, -0.15) is 0 Å². The SMILES string of the molecule is CC1(O)CCC1.O=C1CCC1.[CH3-].[I-].[Mg+2]. The molecule has 0 radical (unpaired) electrons. The first-order chi connectivity index (χ1) is 5.10. The number of halogens is 1. The summed E-state index contributed by atoms with van der Waals surface area (Å²) in [4.78, 5) is 9.90. The van der Waals surface area contributed by atoms with Crippen molar-refractivity contribution in [2.45, 2.75) is 51.0 Å². The first-order valence-electron chi connectivity index (χ1n) is 4.34. The van der Waals surface area contributed by atoms with Crippen LogP contribution >= 0.6 is 0 Å². The number of ketones is 1. The van der Waals surface area contributed by atoms with Crippen LogP contribution < -0.4 is 24.0 Å². The number of carbonyl (C=O) groups excluding carboxylic acids is 1. The van der Waals surface area contributed by atoms with Gasteiger partial charge in [0.15, 0.2) is 0 Å². The van der Waals surface area contributed by atoms with Crippen molar-refractivity contribution in [2.75, 3.05) is 0 Å². The number of aliphatic hydroxyl groups is 1. The van der Waals surface area contributed by atoms with Crippen molar-refractivity contribution >= 4 is 28.8 Å². The smallest absolute Gasteiger partial charge is 1.00 e. The largest absolute Gasteiger partial charge is 2.00 e. The first-order valence-corrected chi connectivity index (χ1v) is 4.34. The van der Waals surface area contributed by atoms with Gasteiger partial charge in [0.05, 0.1) is 5.60 Å². The zero-order valence-corrected chi connectivity index (χ0v) is 12.8. The second kappa shape index (κ2) is 9.36. The average Bonchev–Trinajstić information content (AvgIpc) is 1.82. The minimum Gasteiger partial charge on any atom is -1.00 e. The first kappa shape index (κ1) is 20.5. The van der Waals surface area contributed by atoms with E-state index >= 15 is 0 Å². The van der Waals surface area contributed by atoms with Crippen LogP contribution in [0.5, 0.6) is 0 Å². The molecule has 14 heavy (non-hydrogen) atoms. The molecule has 4 heteroatoms. The molecule has 0 aromatic carbocycles. The predicted molar refractivity (Wildman–Crippen MR) is 55.5 cm³/mol. The summed E-state index contributed by atoms with van der Waals surface area (Å²) in [5.74, 6) is 0.435. The van der Waals surface area contributed by atoms with E-state index in [2.05, 4.69) is 0 Å². The van der Waals surface area contributed by atoms with Crippen molar-refractivity contribution in [3.8, 4) is 0 Å². The molecule has 2 aliphatic carbocycles. The van der Waals surface area contributed by atoms with E-state index < -0.39 is 0 Å². The fourth-order valence-electron chi connectivity index (χ4n) is 1.01. The molecule has 2 fully saturated rings. The van der Waals surface area contributed by atoms with Crippen molar-refractivity contribution in [3.63, 3.8) is 0 Å². The molecule has 0 aromatic rings. The summed E-state index contributed by atoms with van der Waals surface area (Å²) in [6.45, 7) is 1.89. The third-order valence-corrected chi connectivity index (χ3v) is 2.34. The quantitative estimate of drug-likeness (QED) is 0.343. The Bertz CT molecular complexity index is 148. The van der Waals surface area contributed by atoms with Crippen LogP contribution in [0, 0.1) is 7.43 Å². The van der Waals surface area contributed by atoms with Gasteiger partial charge in [-0.05, 0) is 32.6 Å². The Kier molecular flexibility index (Phi) is 13.7. The van der Waals surface area contributed by atoms with Crippen molar-refractivity contribution in [1.82, 2.24) is 0 Å². The van der Waals surface area contributed by atoms with E-state index in [0.717, 1.165) is 32.1 Å². The van der Waals surface area contributed by atoms with Gasteiger partial charge in [0.25, 0.3) is 0 Å². The van der Waals surface area contributed by atoms with Gasteiger partial charge >= 0.3 is 23.1 Å². The van der Waals surface area contributed by atoms with Crippen molar-refractivity contribution in [3.05, 3.63) is 7.43 Å². The molecule has 0 spiro atoms. The fourth-order valence-corrected chi connectivity index (χ4v) is 1.01. The Morgan fingerprint density at radius 2 is 1.50 bits per heavy atom. The minimum absolute atomic E-state index is 0. The van der Waals surface area contributed by atoms with E-state index in [1.54, 1.807) is 0 Å². The zero-order chi connectivity index (χ0) is 8.32. The van der Waals surface area contributed by atoms with Crippen LogP contribution in [0.1, 0.15) is 45.4 Å². The summed E-state index contributed by atoms with van der Waals surface area (Å²) in [5.41, 5.74) is -0.278. The summed E-state index contributed by atoms with van der Waals surface area (Å²) >= 11 is 0. The Morgan fingerprint density at radius 1 is 1.21 bits per heavy atom. The van der Waals surface area contributed by atoms with Crippen LogP contribution in [0.3, 0.4) is 0 Å². The predicted octanol–water partition coefficient (Wildman–Crippen LogP) is -1.27. The van der Waals surface area contributed by atoms with E-state index in [4.69, 9.17) is 5.11 Å². The minimum atomic E-state index is -0.278. The molecule has 0 bridgehead atoms. The van der Waals surface area contributed by atoms with Gasteiger partial charge in [-0.3, -0.25) is 4.79 Å². The number of Topliss-reactive ketones (excluding diaryl/α,β-unsaturated/α-hetero) is 1. The Balaban J connectivity index is -0.000000144. The molecule has 1 N–H and O–H groups in total. The summed E-state index contributed by atoms with van der Waals surface area (Å²) in [6, 6.07) is 0. The summed E-state index contributed by atoms with van der Waals surface area (Å²) < 4.78 is 0. The summed E-state index contributed by atoms with van der Waals surface area (Å²) in [6.07, 6.45) is 6.06. The standard InChI is InChI=1S/C5H10O.C4H6O.CH3.HI.Mg/c1-5(6)3-2-4-5;5-4-2-1-3-4;;;/h6H,2-4H2,1H3;1-3H2;1H3;1H;/q;;-1;;+2/p-1. The molecule has 2 aliphatic rings. The van der Waals surface area contributed by atoms with Crippen LogP contribution in [0.2, 0.25) is 0 Å². The molecule has 0 atom stereocenters. The monoisotopic (exact) mass is 322 g/mol. The van der Waals surface area contributed by atoms with Crippen LogP contribution in [0.15, 0.2) is 0 Å². The summed E-state index contributed by atoms with van der Waals surface area (Å²) in [7, 11) is 0. The fraction of sp³-hybridized carbons (Fsp3) is 0.800.